The largest absolute Gasteiger partial charge is 0.462 e. The maximum atomic E-state index is 12.5. The second-order valence-electron chi connectivity index (χ2n) is 5.95. The van der Waals surface area contributed by atoms with E-state index in [0.717, 1.165) is 12.8 Å². The Hall–Kier alpha value is -3.29. The van der Waals surface area contributed by atoms with Gasteiger partial charge in [0.05, 0.1) is 28.9 Å². The molecule has 1 N–H and O–H groups in total. The summed E-state index contributed by atoms with van der Waals surface area (Å²) in [5, 5.41) is 0.0452. The Morgan fingerprint density at radius 1 is 1.22 bits per heavy atom. The summed E-state index contributed by atoms with van der Waals surface area (Å²) < 4.78 is 6.49. The lowest BCUT2D eigenvalue weighted by Gasteiger charge is -2.12. The summed E-state index contributed by atoms with van der Waals surface area (Å²) in [6.45, 7) is 4.22. The molecule has 8 heteroatoms. The van der Waals surface area contributed by atoms with Crippen molar-refractivity contribution in [2.24, 2.45) is 0 Å². The first kappa shape index (κ1) is 18.5. The molecule has 0 atom stereocenters. The minimum absolute atomic E-state index is 0.0452. The van der Waals surface area contributed by atoms with E-state index in [-0.39, 0.29) is 23.2 Å². The third-order valence-electron chi connectivity index (χ3n) is 4.11. The van der Waals surface area contributed by atoms with Crippen LogP contribution in [0.2, 0.25) is 0 Å². The number of carbonyl (C=O) groups is 1. The molecule has 0 aromatic carbocycles. The molecule has 0 saturated heterocycles. The molecule has 3 rings (SSSR count). The fourth-order valence-corrected chi connectivity index (χ4v) is 2.81. The molecule has 3 aromatic heterocycles. The zero-order chi connectivity index (χ0) is 19.4. The van der Waals surface area contributed by atoms with Crippen LogP contribution >= 0.6 is 0 Å². The van der Waals surface area contributed by atoms with Crippen molar-refractivity contribution >= 4 is 17.0 Å². The highest BCUT2D eigenvalue weighted by Crippen LogP contribution is 2.22. The fraction of sp³-hybridized carbons (Fsp3) is 0.316. The van der Waals surface area contributed by atoms with Crippen molar-refractivity contribution < 1.29 is 9.53 Å². The average Bonchev–Trinajstić information content (AvgIpc) is 2.67. The van der Waals surface area contributed by atoms with Gasteiger partial charge in [-0.1, -0.05) is 19.4 Å². The summed E-state index contributed by atoms with van der Waals surface area (Å²) in [6, 6.07) is 6.77. The second-order valence-corrected chi connectivity index (χ2v) is 5.95. The first-order chi connectivity index (χ1) is 13.1. The van der Waals surface area contributed by atoms with Gasteiger partial charge in [0.25, 0.3) is 5.56 Å². The first-order valence-corrected chi connectivity index (χ1v) is 8.83. The van der Waals surface area contributed by atoms with E-state index in [2.05, 4.69) is 15.0 Å². The number of aromatic amines is 1. The molecular weight excluding hydrogens is 348 g/mol. The lowest BCUT2D eigenvalue weighted by molar-refractivity contribution is 0.0528. The van der Waals surface area contributed by atoms with Gasteiger partial charge in [-0.15, -0.1) is 0 Å². The molecule has 0 aliphatic heterocycles. The average molecular weight is 368 g/mol. The highest BCUT2D eigenvalue weighted by atomic mass is 16.5. The summed E-state index contributed by atoms with van der Waals surface area (Å²) in [4.78, 5) is 48.3. The number of aromatic nitrogens is 4. The number of esters is 1. The van der Waals surface area contributed by atoms with Gasteiger partial charge in [0, 0.05) is 12.7 Å². The topological polar surface area (TPSA) is 107 Å². The van der Waals surface area contributed by atoms with Gasteiger partial charge in [-0.3, -0.25) is 19.3 Å². The molecule has 0 amide bonds. The van der Waals surface area contributed by atoms with Crippen LogP contribution in [0.3, 0.4) is 0 Å². The zero-order valence-corrected chi connectivity index (χ0v) is 15.2. The van der Waals surface area contributed by atoms with Gasteiger partial charge < -0.3 is 4.74 Å². The molecule has 0 unspecified atom stereocenters. The van der Waals surface area contributed by atoms with E-state index < -0.39 is 17.2 Å². The highest BCUT2D eigenvalue weighted by Gasteiger charge is 2.21. The van der Waals surface area contributed by atoms with Crippen LogP contribution in [0.5, 0.6) is 0 Å². The quantitative estimate of drug-likeness (QED) is 0.668. The van der Waals surface area contributed by atoms with E-state index >= 15 is 0 Å². The lowest BCUT2D eigenvalue weighted by atomic mass is 10.1. The Morgan fingerprint density at radius 3 is 2.70 bits per heavy atom. The Morgan fingerprint density at radius 2 is 2.04 bits per heavy atom. The molecule has 0 aliphatic carbocycles. The molecule has 8 nitrogen and oxygen atoms in total. The molecule has 0 aliphatic rings. The van der Waals surface area contributed by atoms with Crippen molar-refractivity contribution in [2.45, 2.75) is 33.2 Å². The van der Waals surface area contributed by atoms with E-state index in [9.17, 15) is 14.4 Å². The van der Waals surface area contributed by atoms with Crippen LogP contribution in [0.25, 0.3) is 22.4 Å². The van der Waals surface area contributed by atoms with Crippen molar-refractivity contribution in [2.75, 3.05) is 6.61 Å². The Balaban J connectivity index is 2.38. The molecule has 0 spiro atoms. The minimum Gasteiger partial charge on any atom is -0.462 e. The van der Waals surface area contributed by atoms with Crippen molar-refractivity contribution in [3.05, 3.63) is 56.9 Å². The van der Waals surface area contributed by atoms with Crippen molar-refractivity contribution in [1.82, 2.24) is 19.5 Å². The molecule has 0 radical (unpaired) electrons. The van der Waals surface area contributed by atoms with Gasteiger partial charge in [-0.05, 0) is 31.5 Å². The third-order valence-corrected chi connectivity index (χ3v) is 4.11. The number of rotatable bonds is 6. The van der Waals surface area contributed by atoms with Crippen LogP contribution in [-0.2, 0) is 11.3 Å². The summed E-state index contributed by atoms with van der Waals surface area (Å²) in [5.41, 5.74) is -0.0779. The second kappa shape index (κ2) is 7.94. The number of ether oxygens (including phenoxy) is 1. The standard InChI is InChI=1S/C19H20N4O4/c1-3-5-10-23-16-15(17(24)22-19(23)26)12(18(25)27-4-2)11-14(21-16)13-8-6-7-9-20-13/h6-9,11H,3-5,10H2,1-2H3,(H,22,24,26). The number of fused-ring (bicyclic) bond motifs is 1. The first-order valence-electron chi connectivity index (χ1n) is 8.83. The van der Waals surface area contributed by atoms with Gasteiger partial charge in [-0.2, -0.15) is 0 Å². The predicted molar refractivity (Wildman–Crippen MR) is 101 cm³/mol. The normalized spacial score (nSPS) is 10.9. The number of unbranched alkanes of at least 4 members (excludes halogenated alkanes) is 1. The van der Waals surface area contributed by atoms with Crippen LogP contribution < -0.4 is 11.2 Å². The number of nitrogens with one attached hydrogen (secondary N) is 1. The van der Waals surface area contributed by atoms with Gasteiger partial charge in [0.15, 0.2) is 5.65 Å². The molecule has 3 aromatic rings. The van der Waals surface area contributed by atoms with Crippen LogP contribution in [-0.4, -0.2) is 32.1 Å². The molecule has 0 bridgehead atoms. The van der Waals surface area contributed by atoms with Crippen LogP contribution in [0, 0.1) is 0 Å². The molecular formula is C19H20N4O4. The van der Waals surface area contributed by atoms with Gasteiger partial charge >= 0.3 is 11.7 Å². The summed E-state index contributed by atoms with van der Waals surface area (Å²) in [6.07, 6.45) is 3.19. The zero-order valence-electron chi connectivity index (χ0n) is 15.2. The van der Waals surface area contributed by atoms with E-state index in [0.29, 0.717) is 17.9 Å². The van der Waals surface area contributed by atoms with Gasteiger partial charge in [0.1, 0.15) is 0 Å². The van der Waals surface area contributed by atoms with E-state index in [1.807, 2.05) is 6.92 Å². The highest BCUT2D eigenvalue weighted by molar-refractivity contribution is 6.03. The van der Waals surface area contributed by atoms with E-state index in [1.165, 1.54) is 10.6 Å². The Kier molecular flexibility index (Phi) is 5.44. The number of pyridine rings is 2. The van der Waals surface area contributed by atoms with Crippen molar-refractivity contribution in [3.8, 4) is 11.4 Å². The molecule has 3 heterocycles. The summed E-state index contributed by atoms with van der Waals surface area (Å²) in [7, 11) is 0. The van der Waals surface area contributed by atoms with E-state index in [1.54, 1.807) is 31.3 Å². The summed E-state index contributed by atoms with van der Waals surface area (Å²) >= 11 is 0. The number of hydrogen-bond donors (Lipinski definition) is 1. The monoisotopic (exact) mass is 368 g/mol. The van der Waals surface area contributed by atoms with Crippen LogP contribution in [0.4, 0.5) is 0 Å². The number of hydrogen-bond acceptors (Lipinski definition) is 6. The number of nitrogens with zero attached hydrogens (tertiary/aromatic N) is 3. The molecule has 27 heavy (non-hydrogen) atoms. The SMILES string of the molecule is CCCCn1c(=O)[nH]c(=O)c2c(C(=O)OCC)cc(-c3ccccn3)nc21. The molecule has 0 fully saturated rings. The van der Waals surface area contributed by atoms with Crippen molar-refractivity contribution in [1.29, 1.82) is 0 Å². The summed E-state index contributed by atoms with van der Waals surface area (Å²) in [5.74, 6) is -0.645. The van der Waals surface area contributed by atoms with Crippen LogP contribution in [0.15, 0.2) is 40.1 Å². The third kappa shape index (κ3) is 3.64. The lowest BCUT2D eigenvalue weighted by Crippen LogP contribution is -2.32. The Labute approximate surface area is 154 Å². The minimum atomic E-state index is -0.661. The molecule has 140 valence electrons. The predicted octanol–water partition coefficient (Wildman–Crippen LogP) is 2.12. The number of carbonyl (C=O) groups excluding carboxylic acids is 1. The Bertz CT molecular complexity index is 1090. The fourth-order valence-electron chi connectivity index (χ4n) is 2.81. The van der Waals surface area contributed by atoms with Crippen LogP contribution in [0.1, 0.15) is 37.0 Å². The van der Waals surface area contributed by atoms with E-state index in [4.69, 9.17) is 4.74 Å². The van der Waals surface area contributed by atoms with Gasteiger partial charge in [0.2, 0.25) is 0 Å². The maximum Gasteiger partial charge on any atom is 0.339 e. The maximum absolute atomic E-state index is 12.5. The van der Waals surface area contributed by atoms with Gasteiger partial charge in [-0.25, -0.2) is 14.6 Å². The number of aryl methyl sites for hydroxylation is 1. The number of H-pyrrole nitrogens is 1. The van der Waals surface area contributed by atoms with Crippen molar-refractivity contribution in [3.63, 3.8) is 0 Å². The smallest absolute Gasteiger partial charge is 0.339 e. The molecule has 0 saturated carbocycles.